The summed E-state index contributed by atoms with van der Waals surface area (Å²) in [5.41, 5.74) is 0.563. The lowest BCUT2D eigenvalue weighted by molar-refractivity contribution is -0.139. The van der Waals surface area contributed by atoms with E-state index < -0.39 is 0 Å². The molecule has 0 aliphatic heterocycles. The quantitative estimate of drug-likeness (QED) is 0.463. The van der Waals surface area contributed by atoms with Crippen LogP contribution in [0.5, 0.6) is 0 Å². The number of rotatable bonds is 7. The normalized spacial score (nSPS) is 12.2. The molecule has 0 saturated heterocycles. The fourth-order valence-corrected chi connectivity index (χ4v) is 1.24. The van der Waals surface area contributed by atoms with Gasteiger partial charge in [-0.2, -0.15) is 0 Å². The van der Waals surface area contributed by atoms with Crippen molar-refractivity contribution in [3.8, 4) is 0 Å². The van der Waals surface area contributed by atoms with Crippen molar-refractivity contribution in [3.05, 3.63) is 12.2 Å². The fraction of sp³-hybridized carbons (Fsp3) is 0.750. The molecule has 0 aliphatic rings. The largest absolute Gasteiger partial charge is 0.462 e. The number of hydrogen-bond donors (Lipinski definition) is 0. The van der Waals surface area contributed by atoms with Gasteiger partial charge in [-0.15, -0.1) is 0 Å². The average molecular weight is 198 g/mol. The summed E-state index contributed by atoms with van der Waals surface area (Å²) < 4.78 is 5.07. The molecule has 1 atom stereocenters. The summed E-state index contributed by atoms with van der Waals surface area (Å²) in [6.45, 7) is 10.4. The molecule has 0 aromatic rings. The van der Waals surface area contributed by atoms with Gasteiger partial charge in [-0.25, -0.2) is 4.79 Å². The van der Waals surface area contributed by atoms with Gasteiger partial charge in [0.25, 0.3) is 0 Å². The fourth-order valence-electron chi connectivity index (χ4n) is 1.24. The van der Waals surface area contributed by atoms with Crippen LogP contribution in [0.4, 0.5) is 0 Å². The summed E-state index contributed by atoms with van der Waals surface area (Å²) in [6, 6.07) is 0. The Morgan fingerprint density at radius 2 is 2.00 bits per heavy atom. The first-order valence-corrected chi connectivity index (χ1v) is 5.46. The Morgan fingerprint density at radius 1 is 1.36 bits per heavy atom. The van der Waals surface area contributed by atoms with Crippen LogP contribution in [0.3, 0.4) is 0 Å². The van der Waals surface area contributed by atoms with Crippen LogP contribution in [0.2, 0.25) is 0 Å². The topological polar surface area (TPSA) is 26.3 Å². The predicted octanol–water partition coefficient (Wildman–Crippen LogP) is 3.32. The molecule has 0 aromatic carbocycles. The van der Waals surface area contributed by atoms with Crippen molar-refractivity contribution in [2.45, 2.75) is 46.5 Å². The number of carbonyl (C=O) groups excluding carboxylic acids is 1. The maximum Gasteiger partial charge on any atom is 0.333 e. The van der Waals surface area contributed by atoms with Crippen LogP contribution in [0.1, 0.15) is 46.5 Å². The predicted molar refractivity (Wildman–Crippen MR) is 59.1 cm³/mol. The molecule has 2 heteroatoms. The van der Waals surface area contributed by atoms with Gasteiger partial charge < -0.3 is 4.74 Å². The minimum Gasteiger partial charge on any atom is -0.462 e. The van der Waals surface area contributed by atoms with Crippen molar-refractivity contribution in [1.82, 2.24) is 0 Å². The van der Waals surface area contributed by atoms with Crippen molar-refractivity contribution >= 4 is 5.97 Å². The summed E-state index contributed by atoms with van der Waals surface area (Å²) >= 11 is 0. The Bertz CT molecular complexity index is 185. The second kappa shape index (κ2) is 7.60. The highest BCUT2D eigenvalue weighted by Crippen LogP contribution is 2.10. The van der Waals surface area contributed by atoms with Crippen LogP contribution in [-0.4, -0.2) is 12.6 Å². The highest BCUT2D eigenvalue weighted by molar-refractivity contribution is 5.87. The molecule has 14 heavy (non-hydrogen) atoms. The van der Waals surface area contributed by atoms with Gasteiger partial charge in [-0.1, -0.05) is 40.2 Å². The van der Waals surface area contributed by atoms with E-state index >= 15 is 0 Å². The van der Waals surface area contributed by atoms with Crippen molar-refractivity contribution in [3.63, 3.8) is 0 Å². The lowest BCUT2D eigenvalue weighted by Crippen LogP contribution is -2.10. The molecule has 0 rings (SSSR count). The van der Waals surface area contributed by atoms with E-state index in [2.05, 4.69) is 20.4 Å². The molecule has 0 radical (unpaired) electrons. The molecule has 0 fully saturated rings. The van der Waals surface area contributed by atoms with E-state index in [1.165, 1.54) is 12.8 Å². The molecule has 0 amide bonds. The van der Waals surface area contributed by atoms with Gasteiger partial charge in [0.2, 0.25) is 0 Å². The standard InChI is InChI=1S/C12H22O2/c1-5-7-10(3)8-9-14-12(13)11(4)6-2/h10H,4-9H2,1-3H3. The molecule has 0 bridgehead atoms. The van der Waals surface area contributed by atoms with Gasteiger partial charge in [0.05, 0.1) is 6.61 Å². The zero-order valence-corrected chi connectivity index (χ0v) is 9.64. The van der Waals surface area contributed by atoms with Gasteiger partial charge in [0, 0.05) is 5.57 Å². The monoisotopic (exact) mass is 198 g/mol. The van der Waals surface area contributed by atoms with Gasteiger partial charge in [0.1, 0.15) is 0 Å². The molecule has 0 spiro atoms. The Balaban J connectivity index is 3.53. The third-order valence-electron chi connectivity index (χ3n) is 2.34. The summed E-state index contributed by atoms with van der Waals surface area (Å²) in [4.78, 5) is 11.2. The average Bonchev–Trinajstić information content (AvgIpc) is 2.16. The van der Waals surface area contributed by atoms with E-state index in [1.54, 1.807) is 0 Å². The number of esters is 1. The van der Waals surface area contributed by atoms with E-state index in [-0.39, 0.29) is 5.97 Å². The zero-order chi connectivity index (χ0) is 11.0. The maximum atomic E-state index is 11.2. The van der Waals surface area contributed by atoms with E-state index in [9.17, 15) is 4.79 Å². The van der Waals surface area contributed by atoms with Crippen molar-refractivity contribution in [2.24, 2.45) is 5.92 Å². The Hall–Kier alpha value is -0.790. The second-order valence-electron chi connectivity index (χ2n) is 3.78. The SMILES string of the molecule is C=C(CC)C(=O)OCCC(C)CCC. The van der Waals surface area contributed by atoms with E-state index in [4.69, 9.17) is 4.74 Å². The summed E-state index contributed by atoms with van der Waals surface area (Å²) in [7, 11) is 0. The first-order chi connectivity index (χ1) is 6.61. The van der Waals surface area contributed by atoms with Crippen LogP contribution in [0.25, 0.3) is 0 Å². The van der Waals surface area contributed by atoms with Crippen LogP contribution < -0.4 is 0 Å². The highest BCUT2D eigenvalue weighted by Gasteiger charge is 2.07. The molecule has 0 aromatic heterocycles. The molecule has 0 N–H and O–H groups in total. The third kappa shape index (κ3) is 5.79. The molecule has 0 saturated carbocycles. The zero-order valence-electron chi connectivity index (χ0n) is 9.64. The number of hydrogen-bond acceptors (Lipinski definition) is 2. The lowest BCUT2D eigenvalue weighted by atomic mass is 10.0. The first kappa shape index (κ1) is 13.2. The summed E-state index contributed by atoms with van der Waals surface area (Å²) in [5.74, 6) is 0.402. The summed E-state index contributed by atoms with van der Waals surface area (Å²) in [5, 5.41) is 0. The van der Waals surface area contributed by atoms with Crippen LogP contribution in [-0.2, 0) is 9.53 Å². The number of carbonyl (C=O) groups is 1. The molecule has 2 nitrogen and oxygen atoms in total. The van der Waals surface area contributed by atoms with Gasteiger partial charge >= 0.3 is 5.97 Å². The van der Waals surface area contributed by atoms with Gasteiger partial charge in [-0.3, -0.25) is 0 Å². The first-order valence-electron chi connectivity index (χ1n) is 5.46. The molecule has 0 heterocycles. The van der Waals surface area contributed by atoms with Crippen LogP contribution in [0, 0.1) is 5.92 Å². The lowest BCUT2D eigenvalue weighted by Gasteiger charge is -2.10. The molecule has 0 aliphatic carbocycles. The minimum atomic E-state index is -0.240. The molecular weight excluding hydrogens is 176 g/mol. The number of ether oxygens (including phenoxy) is 1. The van der Waals surface area contributed by atoms with Gasteiger partial charge in [0.15, 0.2) is 0 Å². The summed E-state index contributed by atoms with van der Waals surface area (Å²) in [6.07, 6.45) is 4.02. The van der Waals surface area contributed by atoms with Crippen molar-refractivity contribution < 1.29 is 9.53 Å². The molecule has 1 unspecified atom stereocenters. The molecule has 82 valence electrons. The van der Waals surface area contributed by atoms with E-state index in [0.717, 1.165) is 6.42 Å². The second-order valence-corrected chi connectivity index (χ2v) is 3.78. The Labute approximate surface area is 87.3 Å². The van der Waals surface area contributed by atoms with E-state index in [1.807, 2.05) is 6.92 Å². The highest BCUT2D eigenvalue weighted by atomic mass is 16.5. The van der Waals surface area contributed by atoms with Crippen molar-refractivity contribution in [2.75, 3.05) is 6.61 Å². The molecular formula is C12H22O2. The Morgan fingerprint density at radius 3 is 2.50 bits per heavy atom. The maximum absolute atomic E-state index is 11.2. The minimum absolute atomic E-state index is 0.240. The van der Waals surface area contributed by atoms with Crippen LogP contribution in [0.15, 0.2) is 12.2 Å². The van der Waals surface area contributed by atoms with Crippen LogP contribution >= 0.6 is 0 Å². The Kier molecular flexibility index (Phi) is 7.17. The van der Waals surface area contributed by atoms with Gasteiger partial charge in [-0.05, 0) is 18.8 Å². The third-order valence-corrected chi connectivity index (χ3v) is 2.34. The smallest absolute Gasteiger partial charge is 0.333 e. The van der Waals surface area contributed by atoms with Crippen molar-refractivity contribution in [1.29, 1.82) is 0 Å². The van der Waals surface area contributed by atoms with E-state index in [0.29, 0.717) is 24.5 Å².